The van der Waals surface area contributed by atoms with Crippen molar-refractivity contribution in [3.8, 4) is 0 Å². The van der Waals surface area contributed by atoms with Gasteiger partial charge in [-0.15, -0.1) is 11.8 Å². The smallest absolute Gasteiger partial charge is 0.137 e. The SMILES string of the molecule is CCNCc1cccc(F)c1SC(C)CCO. The molecule has 0 radical (unpaired) electrons. The van der Waals surface area contributed by atoms with Gasteiger partial charge in [-0.25, -0.2) is 4.39 Å². The summed E-state index contributed by atoms with van der Waals surface area (Å²) in [7, 11) is 0. The van der Waals surface area contributed by atoms with Gasteiger partial charge in [0.1, 0.15) is 5.82 Å². The topological polar surface area (TPSA) is 32.3 Å². The van der Waals surface area contributed by atoms with E-state index >= 15 is 0 Å². The Morgan fingerprint density at radius 2 is 2.24 bits per heavy atom. The number of nitrogens with one attached hydrogen (secondary N) is 1. The molecule has 1 aromatic rings. The summed E-state index contributed by atoms with van der Waals surface area (Å²) in [4.78, 5) is 0.703. The molecule has 1 rings (SSSR count). The van der Waals surface area contributed by atoms with Crippen LogP contribution in [0.25, 0.3) is 0 Å². The van der Waals surface area contributed by atoms with E-state index in [2.05, 4.69) is 5.32 Å². The number of rotatable bonds is 7. The quantitative estimate of drug-likeness (QED) is 0.737. The first-order valence-corrected chi connectivity index (χ1v) is 6.82. The molecular weight excluding hydrogens is 237 g/mol. The summed E-state index contributed by atoms with van der Waals surface area (Å²) in [6.45, 7) is 5.73. The highest BCUT2D eigenvalue weighted by atomic mass is 32.2. The number of thioether (sulfide) groups is 1. The first-order valence-electron chi connectivity index (χ1n) is 5.94. The molecule has 0 saturated heterocycles. The molecule has 0 aliphatic heterocycles. The lowest BCUT2D eigenvalue weighted by molar-refractivity contribution is 0.289. The molecule has 2 nitrogen and oxygen atoms in total. The molecule has 2 N–H and O–H groups in total. The van der Waals surface area contributed by atoms with Gasteiger partial charge in [0, 0.05) is 23.3 Å². The van der Waals surface area contributed by atoms with Crippen LogP contribution in [-0.2, 0) is 6.54 Å². The first-order chi connectivity index (χ1) is 8.19. The zero-order chi connectivity index (χ0) is 12.7. The Bertz CT molecular complexity index is 346. The zero-order valence-electron chi connectivity index (χ0n) is 10.4. The van der Waals surface area contributed by atoms with E-state index in [1.807, 2.05) is 19.9 Å². The monoisotopic (exact) mass is 257 g/mol. The summed E-state index contributed by atoms with van der Waals surface area (Å²) in [5.74, 6) is -0.171. The molecule has 0 spiro atoms. The summed E-state index contributed by atoms with van der Waals surface area (Å²) < 4.78 is 13.8. The van der Waals surface area contributed by atoms with Crippen LogP contribution in [0.15, 0.2) is 23.1 Å². The third-order valence-corrected chi connectivity index (χ3v) is 3.80. The van der Waals surface area contributed by atoms with E-state index in [1.165, 1.54) is 17.8 Å². The molecule has 1 atom stereocenters. The van der Waals surface area contributed by atoms with Gasteiger partial charge in [-0.05, 0) is 24.6 Å². The van der Waals surface area contributed by atoms with E-state index in [-0.39, 0.29) is 17.7 Å². The Morgan fingerprint density at radius 1 is 1.47 bits per heavy atom. The number of hydrogen-bond donors (Lipinski definition) is 2. The van der Waals surface area contributed by atoms with Gasteiger partial charge >= 0.3 is 0 Å². The molecule has 0 heterocycles. The van der Waals surface area contributed by atoms with Crippen molar-refractivity contribution >= 4 is 11.8 Å². The molecule has 1 aromatic carbocycles. The van der Waals surface area contributed by atoms with Gasteiger partial charge in [-0.2, -0.15) is 0 Å². The van der Waals surface area contributed by atoms with Crippen molar-refractivity contribution in [2.45, 2.75) is 37.0 Å². The van der Waals surface area contributed by atoms with Gasteiger partial charge in [-0.3, -0.25) is 0 Å². The van der Waals surface area contributed by atoms with Gasteiger partial charge in [0.25, 0.3) is 0 Å². The molecule has 0 fully saturated rings. The van der Waals surface area contributed by atoms with Gasteiger partial charge in [0.2, 0.25) is 0 Å². The van der Waals surface area contributed by atoms with E-state index in [4.69, 9.17) is 5.11 Å². The molecule has 0 saturated carbocycles. The van der Waals surface area contributed by atoms with Crippen molar-refractivity contribution in [2.75, 3.05) is 13.2 Å². The minimum atomic E-state index is -0.171. The van der Waals surface area contributed by atoms with Crippen LogP contribution in [-0.4, -0.2) is 23.5 Å². The van der Waals surface area contributed by atoms with E-state index < -0.39 is 0 Å². The molecule has 0 bridgehead atoms. The second kappa shape index (κ2) is 7.69. The maximum Gasteiger partial charge on any atom is 0.137 e. The fourth-order valence-electron chi connectivity index (χ4n) is 1.53. The predicted octanol–water partition coefficient (Wildman–Crippen LogP) is 2.80. The summed E-state index contributed by atoms with van der Waals surface area (Å²) in [5, 5.41) is 12.3. The average Bonchev–Trinajstić information content (AvgIpc) is 2.30. The second-order valence-corrected chi connectivity index (χ2v) is 5.40. The molecule has 0 aliphatic rings. The minimum Gasteiger partial charge on any atom is -0.396 e. The van der Waals surface area contributed by atoms with Crippen molar-refractivity contribution in [3.63, 3.8) is 0 Å². The predicted molar refractivity (Wildman–Crippen MR) is 70.8 cm³/mol. The molecule has 4 heteroatoms. The van der Waals surface area contributed by atoms with Gasteiger partial charge in [0.15, 0.2) is 0 Å². The first kappa shape index (κ1) is 14.5. The largest absolute Gasteiger partial charge is 0.396 e. The summed E-state index contributed by atoms with van der Waals surface area (Å²) >= 11 is 1.50. The molecule has 0 aliphatic carbocycles. The fraction of sp³-hybridized carbons (Fsp3) is 0.538. The van der Waals surface area contributed by atoms with Gasteiger partial charge in [0.05, 0.1) is 0 Å². The van der Waals surface area contributed by atoms with Crippen LogP contribution < -0.4 is 5.32 Å². The molecular formula is C13H20FNOS. The van der Waals surface area contributed by atoms with Crippen molar-refractivity contribution in [3.05, 3.63) is 29.6 Å². The van der Waals surface area contributed by atoms with Crippen LogP contribution in [0.1, 0.15) is 25.8 Å². The fourth-order valence-corrected chi connectivity index (χ4v) is 2.62. The number of aliphatic hydroxyl groups excluding tert-OH is 1. The maximum atomic E-state index is 13.8. The van der Waals surface area contributed by atoms with Crippen molar-refractivity contribution in [1.29, 1.82) is 0 Å². The third kappa shape index (κ3) is 4.66. The maximum absolute atomic E-state index is 13.8. The Balaban J connectivity index is 2.79. The van der Waals surface area contributed by atoms with Gasteiger partial charge in [-0.1, -0.05) is 26.0 Å². The lowest BCUT2D eigenvalue weighted by atomic mass is 10.2. The van der Waals surface area contributed by atoms with E-state index in [9.17, 15) is 4.39 Å². The van der Waals surface area contributed by atoms with Crippen molar-refractivity contribution in [2.24, 2.45) is 0 Å². The molecule has 96 valence electrons. The second-order valence-electron chi connectivity index (χ2n) is 3.95. The highest BCUT2D eigenvalue weighted by Crippen LogP contribution is 2.30. The van der Waals surface area contributed by atoms with Crippen molar-refractivity contribution < 1.29 is 9.50 Å². The van der Waals surface area contributed by atoms with Crippen LogP contribution in [0.4, 0.5) is 4.39 Å². The van der Waals surface area contributed by atoms with E-state index in [0.717, 1.165) is 12.1 Å². The minimum absolute atomic E-state index is 0.144. The Labute approximate surface area is 107 Å². The van der Waals surface area contributed by atoms with Crippen LogP contribution in [0.3, 0.4) is 0 Å². The molecule has 0 amide bonds. The normalized spacial score (nSPS) is 12.7. The summed E-state index contributed by atoms with van der Waals surface area (Å²) in [5.41, 5.74) is 0.988. The number of aliphatic hydroxyl groups is 1. The van der Waals surface area contributed by atoms with Crippen LogP contribution in [0.5, 0.6) is 0 Å². The van der Waals surface area contributed by atoms with E-state index in [1.54, 1.807) is 6.07 Å². The van der Waals surface area contributed by atoms with Crippen LogP contribution >= 0.6 is 11.8 Å². The Hall–Kier alpha value is -0.580. The average molecular weight is 257 g/mol. The zero-order valence-corrected chi connectivity index (χ0v) is 11.2. The Morgan fingerprint density at radius 3 is 2.88 bits per heavy atom. The van der Waals surface area contributed by atoms with Crippen molar-refractivity contribution in [1.82, 2.24) is 5.32 Å². The number of hydrogen-bond acceptors (Lipinski definition) is 3. The standard InChI is InChI=1S/C13H20FNOS/c1-3-15-9-11-5-4-6-12(14)13(11)17-10(2)7-8-16/h4-6,10,15-16H,3,7-9H2,1-2H3. The summed E-state index contributed by atoms with van der Waals surface area (Å²) in [6, 6.07) is 5.17. The van der Waals surface area contributed by atoms with Crippen LogP contribution in [0, 0.1) is 5.82 Å². The summed E-state index contributed by atoms with van der Waals surface area (Å²) in [6.07, 6.45) is 0.680. The Kier molecular flexibility index (Phi) is 6.55. The van der Waals surface area contributed by atoms with E-state index in [0.29, 0.717) is 17.9 Å². The number of halogens is 1. The lowest BCUT2D eigenvalue weighted by Gasteiger charge is -2.14. The lowest BCUT2D eigenvalue weighted by Crippen LogP contribution is -2.13. The molecule has 0 aromatic heterocycles. The third-order valence-electron chi connectivity index (χ3n) is 2.47. The molecule has 1 unspecified atom stereocenters. The van der Waals surface area contributed by atoms with Gasteiger partial charge < -0.3 is 10.4 Å². The number of benzene rings is 1. The highest BCUT2D eigenvalue weighted by molar-refractivity contribution is 8.00. The van der Waals surface area contributed by atoms with Crippen LogP contribution in [0.2, 0.25) is 0 Å². The highest BCUT2D eigenvalue weighted by Gasteiger charge is 2.12. The molecule has 17 heavy (non-hydrogen) atoms.